The Morgan fingerprint density at radius 2 is 1.92 bits per heavy atom. The van der Waals surface area contributed by atoms with Crippen molar-refractivity contribution >= 4 is 24.5 Å². The zero-order chi connectivity index (χ0) is 27.9. The molecule has 1 aliphatic rings. The van der Waals surface area contributed by atoms with Crippen LogP contribution in [0.4, 0.5) is 8.78 Å². The Morgan fingerprint density at radius 3 is 2.61 bits per heavy atom. The molecule has 1 aromatic heterocycles. The van der Waals surface area contributed by atoms with Crippen LogP contribution in [-0.2, 0) is 18.6 Å². The normalized spacial score (nSPS) is 27.6. The van der Waals surface area contributed by atoms with E-state index in [1.54, 1.807) is 36.4 Å². The highest BCUT2D eigenvalue weighted by Gasteiger charge is 2.65. The predicted molar refractivity (Wildman–Crippen MR) is 129 cm³/mol. The standard InChI is InChI=1S/C23H24F2N3O9P/c1-13(18(30)31)27-38(34,37-16-9-5-7-14-6-3-4-8-15(14)16)35-12-23(25)19(32)22(2,24)20(36-23)28-11-10-17(29)26-21(28)33/h3-11,13,19-20,32H,12H2,1-2H3,(H,27,34)(H,30,31)(H,26,29,33)/t13-,19-,20+,22+,23+,38-/m0/s1. The van der Waals surface area contributed by atoms with Gasteiger partial charge in [0.2, 0.25) is 0 Å². The SMILES string of the molecule is C[C@H](N[P@](=O)(OC[C@@]1(F)O[C@@H](n2ccc(=O)[nH]c2=O)[C@](C)(F)[C@@H]1O)Oc1cccc2ccccc12)C(=O)O. The number of aliphatic carboxylic acids is 1. The zero-order valence-electron chi connectivity index (χ0n) is 20.0. The number of nitrogens with zero attached hydrogens (tertiary/aromatic N) is 1. The predicted octanol–water partition coefficient (Wildman–Crippen LogP) is 2.24. The molecule has 1 saturated heterocycles. The number of hydrogen-bond donors (Lipinski definition) is 4. The Labute approximate surface area is 213 Å². The Bertz CT molecular complexity index is 1520. The van der Waals surface area contributed by atoms with E-state index in [1.165, 1.54) is 6.07 Å². The van der Waals surface area contributed by atoms with Crippen LogP contribution in [0.25, 0.3) is 10.8 Å². The molecule has 0 spiro atoms. The molecular weight excluding hydrogens is 531 g/mol. The number of carbonyl (C=O) groups is 1. The van der Waals surface area contributed by atoms with Gasteiger partial charge in [0.25, 0.3) is 11.4 Å². The molecule has 4 rings (SSSR count). The number of carboxylic acids is 1. The van der Waals surface area contributed by atoms with Crippen LogP contribution in [0.1, 0.15) is 20.1 Å². The Morgan fingerprint density at radius 1 is 1.24 bits per heavy atom. The third-order valence-electron chi connectivity index (χ3n) is 5.96. The van der Waals surface area contributed by atoms with Crippen molar-refractivity contribution in [3.63, 3.8) is 0 Å². The number of hydrogen-bond acceptors (Lipinski definition) is 8. The molecule has 204 valence electrons. The highest BCUT2D eigenvalue weighted by Crippen LogP contribution is 2.52. The molecule has 3 aromatic rings. The van der Waals surface area contributed by atoms with Crippen LogP contribution in [0.5, 0.6) is 5.75 Å². The highest BCUT2D eigenvalue weighted by atomic mass is 31.2. The van der Waals surface area contributed by atoms with Crippen LogP contribution in [0, 0.1) is 0 Å². The van der Waals surface area contributed by atoms with Crippen molar-refractivity contribution in [2.75, 3.05) is 6.61 Å². The van der Waals surface area contributed by atoms with Gasteiger partial charge in [-0.3, -0.25) is 23.7 Å². The van der Waals surface area contributed by atoms with Crippen molar-refractivity contribution < 1.29 is 42.1 Å². The van der Waals surface area contributed by atoms with Crippen molar-refractivity contribution in [2.45, 2.75) is 43.7 Å². The topological polar surface area (TPSA) is 169 Å². The fraction of sp³-hybridized carbons (Fsp3) is 0.348. The molecule has 0 bridgehead atoms. The first-order valence-corrected chi connectivity index (χ1v) is 12.8. The van der Waals surface area contributed by atoms with E-state index >= 15 is 8.78 Å². The van der Waals surface area contributed by atoms with Gasteiger partial charge in [0.1, 0.15) is 18.4 Å². The van der Waals surface area contributed by atoms with E-state index in [0.29, 0.717) is 15.3 Å². The minimum absolute atomic E-state index is 0.00492. The van der Waals surface area contributed by atoms with Crippen LogP contribution in [-0.4, -0.2) is 56.0 Å². The van der Waals surface area contributed by atoms with Gasteiger partial charge in [-0.1, -0.05) is 36.4 Å². The van der Waals surface area contributed by atoms with Gasteiger partial charge in [0.15, 0.2) is 18.0 Å². The van der Waals surface area contributed by atoms with E-state index in [2.05, 4.69) is 5.09 Å². The molecule has 0 radical (unpaired) electrons. The molecule has 38 heavy (non-hydrogen) atoms. The number of aliphatic hydroxyl groups excluding tert-OH is 1. The summed E-state index contributed by atoms with van der Waals surface area (Å²) >= 11 is 0. The summed E-state index contributed by atoms with van der Waals surface area (Å²) in [5.74, 6) is -4.81. The van der Waals surface area contributed by atoms with Crippen molar-refractivity contribution in [1.82, 2.24) is 14.6 Å². The summed E-state index contributed by atoms with van der Waals surface area (Å²) in [7, 11) is -4.73. The number of halogens is 2. The minimum atomic E-state index is -4.73. The monoisotopic (exact) mass is 555 g/mol. The van der Waals surface area contributed by atoms with Crippen LogP contribution in [0.2, 0.25) is 0 Å². The number of rotatable bonds is 9. The largest absolute Gasteiger partial charge is 0.480 e. The molecule has 2 heterocycles. The van der Waals surface area contributed by atoms with E-state index in [0.717, 1.165) is 26.1 Å². The number of carboxylic acid groups (broad SMARTS) is 1. The molecule has 0 saturated carbocycles. The summed E-state index contributed by atoms with van der Waals surface area (Å²) in [6, 6.07) is 10.9. The molecule has 0 aliphatic carbocycles. The Kier molecular flexibility index (Phi) is 7.30. The first kappa shape index (κ1) is 27.6. The van der Waals surface area contributed by atoms with Crippen LogP contribution >= 0.6 is 7.75 Å². The second kappa shape index (κ2) is 10.0. The summed E-state index contributed by atoms with van der Waals surface area (Å²) < 4.78 is 61.2. The summed E-state index contributed by atoms with van der Waals surface area (Å²) in [5.41, 5.74) is -4.86. The average molecular weight is 555 g/mol. The molecule has 4 N–H and O–H groups in total. The quantitative estimate of drug-likeness (QED) is 0.287. The van der Waals surface area contributed by atoms with Gasteiger partial charge in [-0.2, -0.15) is 5.09 Å². The number of aliphatic hydroxyl groups is 1. The second-order valence-corrected chi connectivity index (χ2v) is 10.5. The number of alkyl halides is 2. The van der Waals surface area contributed by atoms with Gasteiger partial charge in [0, 0.05) is 17.6 Å². The van der Waals surface area contributed by atoms with Gasteiger partial charge >= 0.3 is 19.4 Å². The molecule has 0 unspecified atom stereocenters. The van der Waals surface area contributed by atoms with Crippen LogP contribution in [0.3, 0.4) is 0 Å². The first-order valence-electron chi connectivity index (χ1n) is 11.2. The zero-order valence-corrected chi connectivity index (χ0v) is 20.9. The van der Waals surface area contributed by atoms with E-state index in [4.69, 9.17) is 13.8 Å². The lowest BCUT2D eigenvalue weighted by Gasteiger charge is -2.28. The maximum Gasteiger partial charge on any atom is 0.459 e. The maximum absolute atomic E-state index is 15.8. The number of ether oxygens (including phenoxy) is 1. The Balaban J connectivity index is 1.64. The summed E-state index contributed by atoms with van der Waals surface area (Å²) in [6.45, 7) is 0.496. The van der Waals surface area contributed by atoms with Gasteiger partial charge in [0.05, 0.1) is 0 Å². The van der Waals surface area contributed by atoms with Crippen molar-refractivity contribution in [3.05, 3.63) is 75.6 Å². The maximum atomic E-state index is 15.8. The number of benzene rings is 2. The number of aromatic nitrogens is 2. The lowest BCUT2D eigenvalue weighted by Crippen LogP contribution is -2.47. The smallest absolute Gasteiger partial charge is 0.459 e. The molecule has 0 amide bonds. The second-order valence-electron chi connectivity index (χ2n) is 8.86. The summed E-state index contributed by atoms with van der Waals surface area (Å²) in [6.07, 6.45) is -3.77. The fourth-order valence-electron chi connectivity index (χ4n) is 3.94. The molecule has 12 nitrogen and oxygen atoms in total. The van der Waals surface area contributed by atoms with Crippen LogP contribution < -0.4 is 20.9 Å². The lowest BCUT2D eigenvalue weighted by molar-refractivity contribution is -0.204. The van der Waals surface area contributed by atoms with Gasteiger partial charge in [-0.25, -0.2) is 18.1 Å². The van der Waals surface area contributed by atoms with Crippen molar-refractivity contribution in [2.24, 2.45) is 0 Å². The molecule has 15 heteroatoms. The van der Waals surface area contributed by atoms with E-state index in [-0.39, 0.29) is 5.75 Å². The molecule has 6 atom stereocenters. The minimum Gasteiger partial charge on any atom is -0.480 e. The first-order chi connectivity index (χ1) is 17.8. The third kappa shape index (κ3) is 5.26. The van der Waals surface area contributed by atoms with Crippen molar-refractivity contribution in [3.8, 4) is 5.75 Å². The molecule has 1 fully saturated rings. The van der Waals surface area contributed by atoms with E-state index in [9.17, 15) is 29.2 Å². The average Bonchev–Trinajstić information content (AvgIpc) is 3.03. The third-order valence-corrected chi connectivity index (χ3v) is 7.57. The van der Waals surface area contributed by atoms with Gasteiger partial charge in [-0.05, 0) is 25.3 Å². The molecular formula is C23H24F2N3O9P. The van der Waals surface area contributed by atoms with Crippen LogP contribution in [0.15, 0.2) is 64.3 Å². The summed E-state index contributed by atoms with van der Waals surface area (Å²) in [4.78, 5) is 36.8. The highest BCUT2D eigenvalue weighted by molar-refractivity contribution is 7.52. The number of H-pyrrole nitrogens is 1. The number of aromatic amines is 1. The fourth-order valence-corrected chi connectivity index (χ4v) is 5.46. The summed E-state index contributed by atoms with van der Waals surface area (Å²) in [5, 5.41) is 23.1. The van der Waals surface area contributed by atoms with Gasteiger partial charge < -0.3 is 19.5 Å². The molecule has 1 aliphatic heterocycles. The molecule has 2 aromatic carbocycles. The Hall–Kier alpha value is -3.42. The lowest BCUT2D eigenvalue weighted by atomic mass is 9.97. The van der Waals surface area contributed by atoms with Gasteiger partial charge in [-0.15, -0.1) is 0 Å². The van der Waals surface area contributed by atoms with Crippen molar-refractivity contribution in [1.29, 1.82) is 0 Å². The van der Waals surface area contributed by atoms with E-state index < -0.39 is 61.5 Å². The van der Waals surface area contributed by atoms with E-state index in [1.807, 2.05) is 4.98 Å². The number of fused-ring (bicyclic) bond motifs is 1. The number of nitrogens with one attached hydrogen (secondary N) is 2.